The highest BCUT2D eigenvalue weighted by molar-refractivity contribution is 5.78. The molecule has 0 heterocycles. The average Bonchev–Trinajstić information content (AvgIpc) is 2.38. The molecule has 4 nitrogen and oxygen atoms in total. The van der Waals surface area contributed by atoms with E-state index < -0.39 is 0 Å². The lowest BCUT2D eigenvalue weighted by atomic mass is 9.89. The first-order chi connectivity index (χ1) is 8.76. The fourth-order valence-electron chi connectivity index (χ4n) is 2.64. The van der Waals surface area contributed by atoms with Crippen LogP contribution in [-0.4, -0.2) is 48.7 Å². The predicted molar refractivity (Wildman–Crippen MR) is 73.4 cm³/mol. The fraction of sp³-hybridized carbons (Fsp3) is 0.929. The first kappa shape index (κ1) is 15.4. The van der Waals surface area contributed by atoms with Crippen LogP contribution in [0.25, 0.3) is 0 Å². The topological polar surface area (TPSA) is 52.6 Å². The molecule has 0 aromatic heterocycles. The van der Waals surface area contributed by atoms with Crippen LogP contribution in [0.4, 0.5) is 0 Å². The van der Waals surface area contributed by atoms with E-state index in [9.17, 15) is 4.79 Å². The molecule has 18 heavy (non-hydrogen) atoms. The molecule has 0 aliphatic heterocycles. The number of aliphatic hydroxyl groups is 1. The summed E-state index contributed by atoms with van der Waals surface area (Å²) in [6.07, 6.45) is 7.51. The van der Waals surface area contributed by atoms with Crippen molar-refractivity contribution in [1.29, 1.82) is 0 Å². The van der Waals surface area contributed by atoms with Gasteiger partial charge in [0.15, 0.2) is 0 Å². The Balaban J connectivity index is 2.17. The van der Waals surface area contributed by atoms with Gasteiger partial charge < -0.3 is 10.4 Å². The van der Waals surface area contributed by atoms with E-state index in [1.807, 2.05) is 4.90 Å². The van der Waals surface area contributed by atoms with Crippen LogP contribution in [0, 0.1) is 5.92 Å². The van der Waals surface area contributed by atoms with Crippen molar-refractivity contribution in [3.8, 4) is 0 Å². The monoisotopic (exact) mass is 256 g/mol. The minimum atomic E-state index is 0.0995. The molecule has 0 aromatic carbocycles. The molecule has 1 rings (SSSR count). The smallest absolute Gasteiger partial charge is 0.234 e. The molecule has 4 heteroatoms. The third-order valence-corrected chi connectivity index (χ3v) is 3.64. The summed E-state index contributed by atoms with van der Waals surface area (Å²) in [7, 11) is 0. The maximum atomic E-state index is 11.8. The van der Waals surface area contributed by atoms with Gasteiger partial charge in [-0.1, -0.05) is 26.2 Å². The fourth-order valence-corrected chi connectivity index (χ4v) is 2.64. The maximum Gasteiger partial charge on any atom is 0.234 e. The predicted octanol–water partition coefficient (Wildman–Crippen LogP) is 1.39. The zero-order valence-corrected chi connectivity index (χ0v) is 11.7. The van der Waals surface area contributed by atoms with Gasteiger partial charge in [0.05, 0.1) is 13.2 Å². The molecule has 0 saturated heterocycles. The van der Waals surface area contributed by atoms with Crippen LogP contribution in [0.5, 0.6) is 0 Å². The van der Waals surface area contributed by atoms with Crippen molar-refractivity contribution in [2.75, 3.05) is 32.8 Å². The van der Waals surface area contributed by atoms with Gasteiger partial charge in [-0.25, -0.2) is 0 Å². The van der Waals surface area contributed by atoms with Crippen LogP contribution in [0.3, 0.4) is 0 Å². The quantitative estimate of drug-likeness (QED) is 0.690. The Morgan fingerprint density at radius 2 is 2.00 bits per heavy atom. The van der Waals surface area contributed by atoms with E-state index in [4.69, 9.17) is 5.11 Å². The highest BCUT2D eigenvalue weighted by Gasteiger charge is 2.15. The molecule has 1 amide bonds. The molecule has 106 valence electrons. The zero-order chi connectivity index (χ0) is 13.2. The largest absolute Gasteiger partial charge is 0.395 e. The van der Waals surface area contributed by atoms with Crippen molar-refractivity contribution in [3.63, 3.8) is 0 Å². The number of nitrogens with one attached hydrogen (secondary N) is 1. The maximum absolute atomic E-state index is 11.8. The summed E-state index contributed by atoms with van der Waals surface area (Å²) < 4.78 is 0. The van der Waals surface area contributed by atoms with Gasteiger partial charge in [-0.3, -0.25) is 9.69 Å². The molecule has 1 aliphatic carbocycles. The summed E-state index contributed by atoms with van der Waals surface area (Å²) in [5.74, 6) is 0.780. The lowest BCUT2D eigenvalue weighted by molar-refractivity contribution is -0.122. The van der Waals surface area contributed by atoms with Gasteiger partial charge in [-0.15, -0.1) is 0 Å². The Morgan fingerprint density at radius 3 is 2.61 bits per heavy atom. The van der Waals surface area contributed by atoms with Crippen molar-refractivity contribution in [1.82, 2.24) is 10.2 Å². The Labute approximate surface area is 111 Å². The average molecular weight is 256 g/mol. The Bertz CT molecular complexity index is 222. The third kappa shape index (κ3) is 6.36. The second-order valence-electron chi connectivity index (χ2n) is 5.31. The molecule has 1 fully saturated rings. The minimum absolute atomic E-state index is 0.0995. The second kappa shape index (κ2) is 9.34. The first-order valence-corrected chi connectivity index (χ1v) is 7.36. The SMILES string of the molecule is CCCN(CCO)CC(=O)NCC1CCCCC1. The summed E-state index contributed by atoms with van der Waals surface area (Å²) >= 11 is 0. The second-order valence-corrected chi connectivity index (χ2v) is 5.31. The molecule has 0 unspecified atom stereocenters. The number of nitrogens with zero attached hydrogens (tertiary/aromatic N) is 1. The molecule has 0 radical (unpaired) electrons. The van der Waals surface area contributed by atoms with Gasteiger partial charge in [0.25, 0.3) is 0 Å². The minimum Gasteiger partial charge on any atom is -0.395 e. The number of aliphatic hydroxyl groups excluding tert-OH is 1. The zero-order valence-electron chi connectivity index (χ0n) is 11.7. The van der Waals surface area contributed by atoms with Gasteiger partial charge in [0.1, 0.15) is 0 Å². The highest BCUT2D eigenvalue weighted by atomic mass is 16.3. The molecular weight excluding hydrogens is 228 g/mol. The van der Waals surface area contributed by atoms with Crippen LogP contribution >= 0.6 is 0 Å². The van der Waals surface area contributed by atoms with E-state index in [-0.39, 0.29) is 12.5 Å². The van der Waals surface area contributed by atoms with Crippen LogP contribution in [-0.2, 0) is 4.79 Å². The van der Waals surface area contributed by atoms with E-state index in [0.29, 0.717) is 19.0 Å². The van der Waals surface area contributed by atoms with Crippen molar-refractivity contribution in [3.05, 3.63) is 0 Å². The van der Waals surface area contributed by atoms with Gasteiger partial charge in [0, 0.05) is 13.1 Å². The van der Waals surface area contributed by atoms with E-state index in [2.05, 4.69) is 12.2 Å². The van der Waals surface area contributed by atoms with Crippen LogP contribution < -0.4 is 5.32 Å². The molecule has 1 saturated carbocycles. The highest BCUT2D eigenvalue weighted by Crippen LogP contribution is 2.22. The number of hydrogen-bond acceptors (Lipinski definition) is 3. The lowest BCUT2D eigenvalue weighted by Gasteiger charge is -2.23. The van der Waals surface area contributed by atoms with Crippen molar-refractivity contribution < 1.29 is 9.90 Å². The van der Waals surface area contributed by atoms with Crippen LogP contribution in [0.1, 0.15) is 45.4 Å². The molecule has 2 N–H and O–H groups in total. The number of amides is 1. The number of carbonyl (C=O) groups excluding carboxylic acids is 1. The summed E-state index contributed by atoms with van der Waals surface area (Å²) in [5, 5.41) is 12.0. The normalized spacial score (nSPS) is 17.1. The lowest BCUT2D eigenvalue weighted by Crippen LogP contribution is -2.40. The first-order valence-electron chi connectivity index (χ1n) is 7.36. The summed E-state index contributed by atoms with van der Waals surface area (Å²) in [6.45, 7) is 4.92. The molecule has 0 bridgehead atoms. The summed E-state index contributed by atoms with van der Waals surface area (Å²) in [5.41, 5.74) is 0. The Morgan fingerprint density at radius 1 is 1.28 bits per heavy atom. The summed E-state index contributed by atoms with van der Waals surface area (Å²) in [4.78, 5) is 13.8. The van der Waals surface area contributed by atoms with E-state index in [1.165, 1.54) is 32.1 Å². The van der Waals surface area contributed by atoms with Gasteiger partial charge in [-0.05, 0) is 31.7 Å². The molecule has 0 atom stereocenters. The van der Waals surface area contributed by atoms with Crippen molar-refractivity contribution in [2.45, 2.75) is 45.4 Å². The van der Waals surface area contributed by atoms with Crippen molar-refractivity contribution in [2.24, 2.45) is 5.92 Å². The van der Waals surface area contributed by atoms with Crippen molar-refractivity contribution >= 4 is 5.91 Å². The molecule has 1 aliphatic rings. The van der Waals surface area contributed by atoms with Crippen LogP contribution in [0.2, 0.25) is 0 Å². The van der Waals surface area contributed by atoms with Gasteiger partial charge >= 0.3 is 0 Å². The number of carbonyl (C=O) groups is 1. The molecular formula is C14H28N2O2. The molecule has 0 aromatic rings. The van der Waals surface area contributed by atoms with Gasteiger partial charge in [-0.2, -0.15) is 0 Å². The standard InChI is InChI=1S/C14H28N2O2/c1-2-8-16(9-10-17)12-14(18)15-11-13-6-4-3-5-7-13/h13,17H,2-12H2,1H3,(H,15,18). The van der Waals surface area contributed by atoms with Gasteiger partial charge in [0.2, 0.25) is 5.91 Å². The van der Waals surface area contributed by atoms with E-state index in [0.717, 1.165) is 19.5 Å². The number of hydrogen-bond donors (Lipinski definition) is 2. The summed E-state index contributed by atoms with van der Waals surface area (Å²) in [6, 6.07) is 0. The Hall–Kier alpha value is -0.610. The van der Waals surface area contributed by atoms with E-state index >= 15 is 0 Å². The Kier molecular flexibility index (Phi) is 8.01. The van der Waals surface area contributed by atoms with E-state index in [1.54, 1.807) is 0 Å². The third-order valence-electron chi connectivity index (χ3n) is 3.64. The molecule has 0 spiro atoms. The number of rotatable bonds is 8. The van der Waals surface area contributed by atoms with Crippen LogP contribution in [0.15, 0.2) is 0 Å².